The van der Waals surface area contributed by atoms with Crippen LogP contribution >= 0.6 is 0 Å². The van der Waals surface area contributed by atoms with E-state index in [1.807, 2.05) is 55.8 Å². The molecule has 1 aliphatic heterocycles. The second kappa shape index (κ2) is 7.55. The third-order valence-electron chi connectivity index (χ3n) is 4.40. The molecule has 1 amide bonds. The molecule has 2 aromatic heterocycles. The van der Waals surface area contributed by atoms with Crippen LogP contribution in [0.1, 0.15) is 22.2 Å². The Morgan fingerprint density at radius 1 is 1.19 bits per heavy atom. The summed E-state index contributed by atoms with van der Waals surface area (Å²) in [6, 6.07) is 12.8. The first-order valence-electron chi connectivity index (χ1n) is 8.74. The number of rotatable bonds is 4. The number of anilines is 2. The predicted molar refractivity (Wildman–Crippen MR) is 101 cm³/mol. The second-order valence-corrected chi connectivity index (χ2v) is 6.35. The van der Waals surface area contributed by atoms with Crippen LogP contribution < -0.4 is 10.2 Å². The van der Waals surface area contributed by atoms with Gasteiger partial charge in [0.1, 0.15) is 6.10 Å². The number of nitrogens with one attached hydrogen (secondary N) is 1. The van der Waals surface area contributed by atoms with Gasteiger partial charge in [-0.3, -0.25) is 9.48 Å². The standard InChI is InChI=1S/C19H20N6O2/c1-24-12-14(11-20-24)17-13-25(9-10-27-17)18-8-7-16(22-23-18)19(26)21-15-5-3-2-4-6-15/h2-8,11-12,17H,9-10,13H2,1H3,(H,21,26). The van der Waals surface area contributed by atoms with Gasteiger partial charge < -0.3 is 15.0 Å². The second-order valence-electron chi connectivity index (χ2n) is 6.35. The van der Waals surface area contributed by atoms with Gasteiger partial charge in [-0.15, -0.1) is 10.2 Å². The van der Waals surface area contributed by atoms with Crippen LogP contribution in [-0.4, -0.2) is 45.6 Å². The summed E-state index contributed by atoms with van der Waals surface area (Å²) in [5.41, 5.74) is 2.04. The van der Waals surface area contributed by atoms with Gasteiger partial charge in [-0.25, -0.2) is 0 Å². The van der Waals surface area contributed by atoms with Crippen molar-refractivity contribution in [1.29, 1.82) is 0 Å². The molecule has 1 saturated heterocycles. The van der Waals surface area contributed by atoms with Gasteiger partial charge in [0.25, 0.3) is 5.91 Å². The van der Waals surface area contributed by atoms with Gasteiger partial charge >= 0.3 is 0 Å². The van der Waals surface area contributed by atoms with Crippen LogP contribution in [0.5, 0.6) is 0 Å². The third kappa shape index (κ3) is 3.95. The highest BCUT2D eigenvalue weighted by atomic mass is 16.5. The average molecular weight is 364 g/mol. The predicted octanol–water partition coefficient (Wildman–Crippen LogP) is 2.04. The third-order valence-corrected chi connectivity index (χ3v) is 4.40. The lowest BCUT2D eigenvalue weighted by atomic mass is 10.1. The Kier molecular flexibility index (Phi) is 4.80. The maximum absolute atomic E-state index is 12.3. The Bertz CT molecular complexity index is 909. The van der Waals surface area contributed by atoms with Crippen molar-refractivity contribution in [1.82, 2.24) is 20.0 Å². The molecule has 1 fully saturated rings. The van der Waals surface area contributed by atoms with E-state index in [0.29, 0.717) is 13.2 Å². The summed E-state index contributed by atoms with van der Waals surface area (Å²) < 4.78 is 7.61. The quantitative estimate of drug-likeness (QED) is 0.763. The van der Waals surface area contributed by atoms with Crippen molar-refractivity contribution in [3.8, 4) is 0 Å². The number of amides is 1. The monoisotopic (exact) mass is 364 g/mol. The number of carbonyl (C=O) groups is 1. The first-order chi connectivity index (χ1) is 13.2. The lowest BCUT2D eigenvalue weighted by molar-refractivity contribution is 0.0394. The highest BCUT2D eigenvalue weighted by molar-refractivity contribution is 6.02. The van der Waals surface area contributed by atoms with Crippen molar-refractivity contribution in [2.45, 2.75) is 6.10 Å². The summed E-state index contributed by atoms with van der Waals surface area (Å²) in [4.78, 5) is 14.4. The van der Waals surface area contributed by atoms with Gasteiger partial charge in [0, 0.05) is 31.0 Å². The fourth-order valence-corrected chi connectivity index (χ4v) is 3.00. The molecule has 138 valence electrons. The molecule has 3 heterocycles. The van der Waals surface area contributed by atoms with Gasteiger partial charge in [0.15, 0.2) is 11.5 Å². The van der Waals surface area contributed by atoms with E-state index in [1.54, 1.807) is 10.7 Å². The minimum absolute atomic E-state index is 0.0599. The molecule has 0 spiro atoms. The van der Waals surface area contributed by atoms with E-state index in [-0.39, 0.29) is 17.7 Å². The number of hydrogen-bond acceptors (Lipinski definition) is 6. The van der Waals surface area contributed by atoms with Crippen molar-refractivity contribution in [2.24, 2.45) is 7.05 Å². The Balaban J connectivity index is 1.43. The van der Waals surface area contributed by atoms with E-state index in [4.69, 9.17) is 4.74 Å². The van der Waals surface area contributed by atoms with Crippen LogP contribution in [0, 0.1) is 0 Å². The van der Waals surface area contributed by atoms with Crippen molar-refractivity contribution >= 4 is 17.4 Å². The maximum Gasteiger partial charge on any atom is 0.276 e. The van der Waals surface area contributed by atoms with E-state index in [0.717, 1.165) is 23.6 Å². The molecule has 3 aromatic rings. The minimum atomic E-state index is -0.282. The summed E-state index contributed by atoms with van der Waals surface area (Å²) in [5.74, 6) is 0.443. The number of nitrogens with zero attached hydrogens (tertiary/aromatic N) is 5. The molecule has 8 nitrogen and oxygen atoms in total. The zero-order valence-corrected chi connectivity index (χ0v) is 14.9. The number of hydrogen-bond donors (Lipinski definition) is 1. The average Bonchev–Trinajstić information content (AvgIpc) is 3.15. The first kappa shape index (κ1) is 17.2. The van der Waals surface area contributed by atoms with E-state index in [1.165, 1.54) is 0 Å². The van der Waals surface area contributed by atoms with Crippen molar-refractivity contribution in [3.63, 3.8) is 0 Å². The van der Waals surface area contributed by atoms with Gasteiger partial charge in [0.2, 0.25) is 0 Å². The van der Waals surface area contributed by atoms with Gasteiger partial charge in [-0.2, -0.15) is 5.10 Å². The van der Waals surface area contributed by atoms with Crippen LogP contribution in [0.15, 0.2) is 54.9 Å². The topological polar surface area (TPSA) is 85.2 Å². The fourth-order valence-electron chi connectivity index (χ4n) is 3.00. The number of ether oxygens (including phenoxy) is 1. The van der Waals surface area contributed by atoms with Crippen LogP contribution in [-0.2, 0) is 11.8 Å². The lowest BCUT2D eigenvalue weighted by Gasteiger charge is -2.33. The van der Waals surface area contributed by atoms with Crippen LogP contribution in [0.4, 0.5) is 11.5 Å². The summed E-state index contributed by atoms with van der Waals surface area (Å²) in [5, 5.41) is 15.3. The van der Waals surface area contributed by atoms with Crippen molar-refractivity contribution < 1.29 is 9.53 Å². The van der Waals surface area contributed by atoms with E-state index >= 15 is 0 Å². The minimum Gasteiger partial charge on any atom is -0.370 e. The van der Waals surface area contributed by atoms with Crippen LogP contribution in [0.3, 0.4) is 0 Å². The summed E-state index contributed by atoms with van der Waals surface area (Å²) in [6.07, 6.45) is 3.71. The molecule has 1 unspecified atom stereocenters. The highest BCUT2D eigenvalue weighted by Gasteiger charge is 2.24. The molecule has 0 saturated carbocycles. The van der Waals surface area contributed by atoms with Crippen LogP contribution in [0.2, 0.25) is 0 Å². The Morgan fingerprint density at radius 2 is 2.04 bits per heavy atom. The normalized spacial score (nSPS) is 16.9. The number of para-hydroxylation sites is 1. The first-order valence-corrected chi connectivity index (χ1v) is 8.74. The maximum atomic E-state index is 12.3. The molecule has 1 N–H and O–H groups in total. The molecule has 4 rings (SSSR count). The Labute approximate surface area is 156 Å². The zero-order valence-electron chi connectivity index (χ0n) is 14.9. The molecular formula is C19H20N6O2. The van der Waals surface area contributed by atoms with E-state index in [2.05, 4.69) is 25.5 Å². The van der Waals surface area contributed by atoms with Crippen molar-refractivity contribution in [3.05, 3.63) is 66.1 Å². The highest BCUT2D eigenvalue weighted by Crippen LogP contribution is 2.24. The summed E-state index contributed by atoms with van der Waals surface area (Å²) in [6.45, 7) is 1.98. The van der Waals surface area contributed by atoms with E-state index < -0.39 is 0 Å². The fraction of sp³-hybridized carbons (Fsp3) is 0.263. The molecule has 0 bridgehead atoms. The SMILES string of the molecule is Cn1cc(C2CN(c3ccc(C(=O)Nc4ccccc4)nn3)CCO2)cn1. The van der Waals surface area contributed by atoms with Gasteiger partial charge in [0.05, 0.1) is 19.3 Å². The molecule has 8 heteroatoms. The molecule has 1 atom stereocenters. The van der Waals surface area contributed by atoms with Gasteiger partial charge in [-0.1, -0.05) is 18.2 Å². The molecule has 0 aliphatic carbocycles. The summed E-state index contributed by atoms with van der Waals surface area (Å²) in [7, 11) is 1.88. The Hall–Kier alpha value is -3.26. The zero-order chi connectivity index (χ0) is 18.6. The Morgan fingerprint density at radius 3 is 2.74 bits per heavy atom. The number of benzene rings is 1. The molecule has 27 heavy (non-hydrogen) atoms. The lowest BCUT2D eigenvalue weighted by Crippen LogP contribution is -2.39. The number of aryl methyl sites for hydroxylation is 1. The number of carbonyl (C=O) groups excluding carboxylic acids is 1. The number of morpholine rings is 1. The van der Waals surface area contributed by atoms with E-state index in [9.17, 15) is 4.79 Å². The number of aromatic nitrogens is 4. The summed E-state index contributed by atoms with van der Waals surface area (Å²) >= 11 is 0. The van der Waals surface area contributed by atoms with Crippen LogP contribution in [0.25, 0.3) is 0 Å². The molecular weight excluding hydrogens is 344 g/mol. The molecule has 0 radical (unpaired) electrons. The molecule has 1 aromatic carbocycles. The largest absolute Gasteiger partial charge is 0.370 e. The smallest absolute Gasteiger partial charge is 0.276 e. The van der Waals surface area contributed by atoms with Gasteiger partial charge in [-0.05, 0) is 24.3 Å². The molecule has 1 aliphatic rings. The van der Waals surface area contributed by atoms with Crippen molar-refractivity contribution in [2.75, 3.05) is 29.9 Å².